The number of nitrogens with zero attached hydrogens (tertiary/aromatic N) is 4. The molecule has 4 heterocycles. The SMILES string of the molecule is CCn1cc(CN2CCC[C@H](c3cc4cccnc4[nH]3)C2)c(C)n1. The summed E-state index contributed by atoms with van der Waals surface area (Å²) in [6, 6.07) is 6.41. The van der Waals surface area contributed by atoms with Gasteiger partial charge in [0.1, 0.15) is 5.65 Å². The van der Waals surface area contributed by atoms with E-state index in [4.69, 9.17) is 0 Å². The monoisotopic (exact) mass is 323 g/mol. The fraction of sp³-hybridized carbons (Fsp3) is 0.474. The molecule has 0 bridgehead atoms. The molecule has 4 rings (SSSR count). The van der Waals surface area contributed by atoms with Crippen LogP contribution in [0.1, 0.15) is 42.6 Å². The number of aromatic nitrogens is 4. The number of hydrogen-bond donors (Lipinski definition) is 1. The molecular formula is C19H25N5. The fourth-order valence-electron chi connectivity index (χ4n) is 3.77. The summed E-state index contributed by atoms with van der Waals surface area (Å²) in [4.78, 5) is 10.5. The largest absolute Gasteiger partial charge is 0.343 e. The van der Waals surface area contributed by atoms with Crippen molar-refractivity contribution in [1.82, 2.24) is 24.6 Å². The minimum Gasteiger partial charge on any atom is -0.343 e. The number of H-pyrrole nitrogens is 1. The van der Waals surface area contributed by atoms with Gasteiger partial charge in [0.15, 0.2) is 0 Å². The summed E-state index contributed by atoms with van der Waals surface area (Å²) < 4.78 is 2.04. The molecule has 1 saturated heterocycles. The molecular weight excluding hydrogens is 298 g/mol. The van der Waals surface area contributed by atoms with Gasteiger partial charge in [0.05, 0.1) is 5.69 Å². The van der Waals surface area contributed by atoms with Crippen molar-refractivity contribution in [1.29, 1.82) is 0 Å². The second kappa shape index (κ2) is 6.40. The molecule has 0 unspecified atom stereocenters. The lowest BCUT2D eigenvalue weighted by molar-refractivity contribution is 0.198. The van der Waals surface area contributed by atoms with Crippen LogP contribution in [0.4, 0.5) is 0 Å². The Bertz CT molecular complexity index is 798. The van der Waals surface area contributed by atoms with Crippen LogP contribution >= 0.6 is 0 Å². The molecule has 0 aliphatic carbocycles. The number of likely N-dealkylation sites (tertiary alicyclic amines) is 1. The number of fused-ring (bicyclic) bond motifs is 1. The van der Waals surface area contributed by atoms with E-state index in [-0.39, 0.29) is 0 Å². The van der Waals surface area contributed by atoms with Crippen LogP contribution < -0.4 is 0 Å². The fourth-order valence-corrected chi connectivity index (χ4v) is 3.77. The Kier molecular flexibility index (Phi) is 4.10. The van der Waals surface area contributed by atoms with E-state index in [0.717, 1.165) is 31.0 Å². The first-order valence-electron chi connectivity index (χ1n) is 8.92. The van der Waals surface area contributed by atoms with Gasteiger partial charge < -0.3 is 4.98 Å². The zero-order valence-corrected chi connectivity index (χ0v) is 14.5. The molecule has 0 saturated carbocycles. The molecule has 5 nitrogen and oxygen atoms in total. The van der Waals surface area contributed by atoms with Crippen molar-refractivity contribution in [3.8, 4) is 0 Å². The summed E-state index contributed by atoms with van der Waals surface area (Å²) in [6.07, 6.45) is 6.54. The van der Waals surface area contributed by atoms with E-state index in [1.165, 1.54) is 36.0 Å². The summed E-state index contributed by atoms with van der Waals surface area (Å²) in [7, 11) is 0. The first-order valence-corrected chi connectivity index (χ1v) is 8.92. The molecule has 126 valence electrons. The van der Waals surface area contributed by atoms with E-state index in [0.29, 0.717) is 5.92 Å². The van der Waals surface area contributed by atoms with Crippen molar-refractivity contribution in [2.45, 2.75) is 45.7 Å². The van der Waals surface area contributed by atoms with E-state index in [1.54, 1.807) is 0 Å². The Morgan fingerprint density at radius 3 is 3.08 bits per heavy atom. The first-order chi connectivity index (χ1) is 11.7. The number of hydrogen-bond acceptors (Lipinski definition) is 3. The summed E-state index contributed by atoms with van der Waals surface area (Å²) in [6.45, 7) is 8.46. The molecule has 3 aromatic rings. The minimum absolute atomic E-state index is 0.564. The van der Waals surface area contributed by atoms with Gasteiger partial charge >= 0.3 is 0 Å². The maximum absolute atomic E-state index is 4.58. The number of piperidine rings is 1. The van der Waals surface area contributed by atoms with Crippen LogP contribution in [0.2, 0.25) is 0 Å². The van der Waals surface area contributed by atoms with Gasteiger partial charge in [0, 0.05) is 54.6 Å². The first kappa shape index (κ1) is 15.4. The lowest BCUT2D eigenvalue weighted by Crippen LogP contribution is -2.34. The van der Waals surface area contributed by atoms with E-state index >= 15 is 0 Å². The minimum atomic E-state index is 0.564. The van der Waals surface area contributed by atoms with Crippen molar-refractivity contribution < 1.29 is 0 Å². The molecule has 24 heavy (non-hydrogen) atoms. The lowest BCUT2D eigenvalue weighted by atomic mass is 9.94. The van der Waals surface area contributed by atoms with Gasteiger partial charge in [0.25, 0.3) is 0 Å². The Morgan fingerprint density at radius 1 is 1.38 bits per heavy atom. The maximum Gasteiger partial charge on any atom is 0.137 e. The molecule has 1 atom stereocenters. The third-order valence-corrected chi connectivity index (χ3v) is 5.12. The highest BCUT2D eigenvalue weighted by Gasteiger charge is 2.23. The topological polar surface area (TPSA) is 49.7 Å². The third kappa shape index (κ3) is 2.96. The van der Waals surface area contributed by atoms with Crippen molar-refractivity contribution in [2.75, 3.05) is 13.1 Å². The number of nitrogens with one attached hydrogen (secondary N) is 1. The predicted molar refractivity (Wildman–Crippen MR) is 96.0 cm³/mol. The van der Waals surface area contributed by atoms with Crippen molar-refractivity contribution in [3.05, 3.63) is 47.5 Å². The molecule has 0 aromatic carbocycles. The predicted octanol–water partition coefficient (Wildman–Crippen LogP) is 3.47. The third-order valence-electron chi connectivity index (χ3n) is 5.12. The van der Waals surface area contributed by atoms with Crippen LogP contribution in [0.3, 0.4) is 0 Å². The van der Waals surface area contributed by atoms with E-state index < -0.39 is 0 Å². The second-order valence-corrected chi connectivity index (χ2v) is 6.84. The van der Waals surface area contributed by atoms with Crippen molar-refractivity contribution in [3.63, 3.8) is 0 Å². The standard InChI is InChI=1S/C19H25N5/c1-3-24-13-17(14(2)22-24)12-23-9-5-7-16(11-23)18-10-15-6-4-8-20-19(15)21-18/h4,6,8,10,13,16H,3,5,7,9,11-12H2,1-2H3,(H,20,21)/t16-/m0/s1. The number of aromatic amines is 1. The van der Waals surface area contributed by atoms with Gasteiger partial charge in [-0.1, -0.05) is 0 Å². The molecule has 1 N–H and O–H groups in total. The van der Waals surface area contributed by atoms with Gasteiger partial charge in [-0.25, -0.2) is 4.98 Å². The summed E-state index contributed by atoms with van der Waals surface area (Å²) >= 11 is 0. The number of pyridine rings is 1. The van der Waals surface area contributed by atoms with Crippen molar-refractivity contribution >= 4 is 11.0 Å². The highest BCUT2D eigenvalue weighted by Crippen LogP contribution is 2.29. The lowest BCUT2D eigenvalue weighted by Gasteiger charge is -2.32. The molecule has 5 heteroatoms. The molecule has 1 aliphatic rings. The van der Waals surface area contributed by atoms with Gasteiger partial charge in [-0.05, 0) is 51.4 Å². The molecule has 1 aliphatic heterocycles. The van der Waals surface area contributed by atoms with Crippen LogP contribution in [0.25, 0.3) is 11.0 Å². The molecule has 0 spiro atoms. The summed E-state index contributed by atoms with van der Waals surface area (Å²) in [5.74, 6) is 0.564. The number of aryl methyl sites for hydroxylation is 2. The van der Waals surface area contributed by atoms with Gasteiger partial charge in [-0.2, -0.15) is 5.10 Å². The van der Waals surface area contributed by atoms with E-state index in [2.05, 4.69) is 52.1 Å². The highest BCUT2D eigenvalue weighted by atomic mass is 15.3. The van der Waals surface area contributed by atoms with Crippen LogP contribution in [0, 0.1) is 6.92 Å². The van der Waals surface area contributed by atoms with E-state index in [9.17, 15) is 0 Å². The average Bonchev–Trinajstić information content (AvgIpc) is 3.19. The van der Waals surface area contributed by atoms with Crippen LogP contribution in [-0.2, 0) is 13.1 Å². The molecule has 0 amide bonds. The zero-order valence-electron chi connectivity index (χ0n) is 14.5. The Balaban J connectivity index is 1.49. The van der Waals surface area contributed by atoms with Gasteiger partial charge in [0.2, 0.25) is 0 Å². The Labute approximate surface area is 142 Å². The van der Waals surface area contributed by atoms with Crippen LogP contribution in [-0.4, -0.2) is 37.7 Å². The molecule has 1 fully saturated rings. The number of rotatable bonds is 4. The van der Waals surface area contributed by atoms with Gasteiger partial charge in [-0.15, -0.1) is 0 Å². The highest BCUT2D eigenvalue weighted by molar-refractivity contribution is 5.76. The van der Waals surface area contributed by atoms with Gasteiger partial charge in [-0.3, -0.25) is 9.58 Å². The van der Waals surface area contributed by atoms with Crippen LogP contribution in [0.5, 0.6) is 0 Å². The summed E-state index contributed by atoms with van der Waals surface area (Å²) in [5, 5.41) is 5.79. The quantitative estimate of drug-likeness (QED) is 0.800. The average molecular weight is 323 g/mol. The van der Waals surface area contributed by atoms with Crippen LogP contribution in [0.15, 0.2) is 30.6 Å². The Morgan fingerprint density at radius 2 is 2.29 bits per heavy atom. The smallest absolute Gasteiger partial charge is 0.137 e. The summed E-state index contributed by atoms with van der Waals surface area (Å²) in [5.41, 5.74) is 4.85. The normalized spacial score (nSPS) is 19.2. The second-order valence-electron chi connectivity index (χ2n) is 6.84. The van der Waals surface area contributed by atoms with E-state index in [1.807, 2.05) is 16.9 Å². The maximum atomic E-state index is 4.58. The molecule has 3 aromatic heterocycles. The Hall–Kier alpha value is -2.14. The molecule has 0 radical (unpaired) electrons. The van der Waals surface area contributed by atoms with Crippen molar-refractivity contribution in [2.24, 2.45) is 0 Å². The zero-order chi connectivity index (χ0) is 16.5.